The standard InChI is InChI=1S/C44H77N13O15S/c1-7-22(4)35(57-36(63)24(46)10-8-9-18-45)43(70)54-28(17-19-73-6)39(66)55-29(20-33(61)62)41(68)52-27(13-16-32(49)60)40(67)56-34(21(2)3)42(69)53-26(12-15-31(48)59)38(65)51-25(11-14-30(47)58)37(64)50-23(5)44(71)72/h21-29,34-35H,7-20,45-46H2,1-6H3,(H2,47,58)(H2,48,59)(H2,49,60)(H,50,64)(H,51,65)(H,52,68)(H,53,69)(H,54,70)(H,55,66)(H,56,67)(H,57,63)(H,61,62)(H,71,72)/t22-,23-,24-,25-,26-,27-,28-,29-,34-,35-/m0/s1. The summed E-state index contributed by atoms with van der Waals surface area (Å²) in [6.07, 6.45) is -0.285. The van der Waals surface area contributed by atoms with Crippen molar-refractivity contribution in [1.82, 2.24) is 42.5 Å². The Bertz CT molecular complexity index is 1940. The van der Waals surface area contributed by atoms with Gasteiger partial charge in [0.05, 0.1) is 12.5 Å². The number of hydrogen-bond donors (Lipinski definition) is 15. The van der Waals surface area contributed by atoms with Crippen LogP contribution in [0.5, 0.6) is 0 Å². The molecule has 0 aromatic heterocycles. The molecule has 0 aromatic carbocycles. The van der Waals surface area contributed by atoms with Crippen LogP contribution < -0.4 is 71.2 Å². The van der Waals surface area contributed by atoms with E-state index in [0.29, 0.717) is 38.0 Å². The number of carbonyl (C=O) groups is 13. The molecule has 0 spiro atoms. The number of unbranched alkanes of at least 4 members (excludes halogenated alkanes) is 1. The van der Waals surface area contributed by atoms with Crippen molar-refractivity contribution in [2.75, 3.05) is 18.6 Å². The summed E-state index contributed by atoms with van der Waals surface area (Å²) < 4.78 is 0. The quantitative estimate of drug-likeness (QED) is 0.0258. The number of carboxylic acid groups (broad SMARTS) is 2. The van der Waals surface area contributed by atoms with E-state index in [1.165, 1.54) is 25.6 Å². The average Bonchev–Trinajstić information content (AvgIpc) is 3.30. The number of aliphatic carboxylic acids is 2. The van der Waals surface area contributed by atoms with E-state index in [4.69, 9.17) is 28.7 Å². The van der Waals surface area contributed by atoms with Gasteiger partial charge in [-0.05, 0) is 75.8 Å². The number of carbonyl (C=O) groups excluding carboxylic acids is 11. The number of amides is 11. The fraction of sp³-hybridized carbons (Fsp3) is 0.705. The Kier molecular flexibility index (Phi) is 31.5. The third-order valence-electron chi connectivity index (χ3n) is 11.3. The predicted molar refractivity (Wildman–Crippen MR) is 264 cm³/mol. The van der Waals surface area contributed by atoms with Crippen molar-refractivity contribution < 1.29 is 72.5 Å². The van der Waals surface area contributed by atoms with Crippen LogP contribution in [0.2, 0.25) is 0 Å². The van der Waals surface area contributed by atoms with Crippen molar-refractivity contribution in [3.8, 4) is 0 Å². The SMILES string of the molecule is CC[C@H](C)[C@H](NC(=O)[C@@H](N)CCCCN)C(=O)N[C@@H](CCSC)C(=O)N[C@@H](CC(=O)O)C(=O)N[C@@H](CCC(N)=O)C(=O)N[C@H](C(=O)N[C@@H](CCC(N)=O)C(=O)N[C@@H](CCC(N)=O)C(=O)N[C@@H](C)C(=O)O)C(C)C. The van der Waals surface area contributed by atoms with Crippen LogP contribution in [0, 0.1) is 11.8 Å². The van der Waals surface area contributed by atoms with Gasteiger partial charge in [-0.3, -0.25) is 62.3 Å². The van der Waals surface area contributed by atoms with Gasteiger partial charge in [-0.25, -0.2) is 0 Å². The zero-order valence-electron chi connectivity index (χ0n) is 42.2. The van der Waals surface area contributed by atoms with Crippen LogP contribution in [0.3, 0.4) is 0 Å². The van der Waals surface area contributed by atoms with Crippen LogP contribution in [0.1, 0.15) is 112 Å². The molecule has 0 radical (unpaired) electrons. The summed E-state index contributed by atoms with van der Waals surface area (Å²) in [4.78, 5) is 168. The molecule has 0 heterocycles. The first-order valence-corrected chi connectivity index (χ1v) is 25.2. The van der Waals surface area contributed by atoms with Gasteiger partial charge in [0.15, 0.2) is 0 Å². The van der Waals surface area contributed by atoms with Crippen LogP contribution in [0.15, 0.2) is 0 Å². The van der Waals surface area contributed by atoms with E-state index in [1.807, 2.05) is 0 Å². The van der Waals surface area contributed by atoms with E-state index in [2.05, 4.69) is 42.5 Å². The molecule has 10 atom stereocenters. The highest BCUT2D eigenvalue weighted by Crippen LogP contribution is 2.13. The highest BCUT2D eigenvalue weighted by molar-refractivity contribution is 7.98. The number of nitrogens with two attached hydrogens (primary N) is 5. The van der Waals surface area contributed by atoms with Gasteiger partial charge in [-0.15, -0.1) is 0 Å². The van der Waals surface area contributed by atoms with E-state index in [9.17, 15) is 72.5 Å². The summed E-state index contributed by atoms with van der Waals surface area (Å²) >= 11 is 1.30. The molecular formula is C44H77N13O15S. The Balaban J connectivity index is 6.70. The van der Waals surface area contributed by atoms with E-state index in [0.717, 1.165) is 6.92 Å². The maximum Gasteiger partial charge on any atom is 0.325 e. The third kappa shape index (κ3) is 26.6. The minimum absolute atomic E-state index is 0.0233. The van der Waals surface area contributed by atoms with Gasteiger partial charge < -0.3 is 81.4 Å². The van der Waals surface area contributed by atoms with E-state index < -0.39 is 188 Å². The Morgan fingerprint density at radius 1 is 0.493 bits per heavy atom. The van der Waals surface area contributed by atoms with Gasteiger partial charge >= 0.3 is 11.9 Å². The molecule has 0 bridgehead atoms. The summed E-state index contributed by atoms with van der Waals surface area (Å²) in [5.74, 6) is -14.6. The summed E-state index contributed by atoms with van der Waals surface area (Å²) in [7, 11) is 0. The first kappa shape index (κ1) is 66.4. The number of hydrogen-bond acceptors (Lipinski definition) is 16. The summed E-state index contributed by atoms with van der Waals surface area (Å²) in [5.41, 5.74) is 27.5. The number of nitrogens with one attached hydrogen (secondary N) is 8. The van der Waals surface area contributed by atoms with E-state index in [1.54, 1.807) is 20.1 Å². The van der Waals surface area contributed by atoms with Crippen LogP contribution in [-0.4, -0.2) is 160 Å². The van der Waals surface area contributed by atoms with Gasteiger partial charge in [0.2, 0.25) is 65.0 Å². The Labute approximate surface area is 427 Å². The Morgan fingerprint density at radius 3 is 1.27 bits per heavy atom. The lowest BCUT2D eigenvalue weighted by molar-refractivity contribution is -0.142. The fourth-order valence-corrected chi connectivity index (χ4v) is 7.13. The fourth-order valence-electron chi connectivity index (χ4n) is 6.66. The number of rotatable bonds is 38. The Morgan fingerprint density at radius 2 is 0.877 bits per heavy atom. The van der Waals surface area contributed by atoms with Crippen molar-refractivity contribution in [3.05, 3.63) is 0 Å². The van der Waals surface area contributed by atoms with Gasteiger partial charge in [0.1, 0.15) is 48.3 Å². The van der Waals surface area contributed by atoms with Crippen LogP contribution in [0.25, 0.3) is 0 Å². The highest BCUT2D eigenvalue weighted by atomic mass is 32.2. The lowest BCUT2D eigenvalue weighted by atomic mass is 9.97. The summed E-state index contributed by atoms with van der Waals surface area (Å²) in [5, 5.41) is 38.1. The zero-order valence-corrected chi connectivity index (χ0v) is 43.1. The van der Waals surface area contributed by atoms with Gasteiger partial charge in [0, 0.05) is 19.3 Å². The second-order valence-corrected chi connectivity index (χ2v) is 18.7. The van der Waals surface area contributed by atoms with Crippen LogP contribution in [0.4, 0.5) is 0 Å². The van der Waals surface area contributed by atoms with Crippen LogP contribution >= 0.6 is 11.8 Å². The molecule has 29 heteroatoms. The van der Waals surface area contributed by atoms with Crippen molar-refractivity contribution in [2.45, 2.75) is 166 Å². The van der Waals surface area contributed by atoms with E-state index >= 15 is 0 Å². The van der Waals surface area contributed by atoms with Gasteiger partial charge in [-0.2, -0.15) is 11.8 Å². The monoisotopic (exact) mass is 1060 g/mol. The molecule has 0 rings (SSSR count). The largest absolute Gasteiger partial charge is 0.481 e. The molecule has 414 valence electrons. The smallest absolute Gasteiger partial charge is 0.325 e. The Hall–Kier alpha value is -6.62. The normalized spacial score (nSPS) is 15.1. The van der Waals surface area contributed by atoms with Crippen molar-refractivity contribution in [1.29, 1.82) is 0 Å². The van der Waals surface area contributed by atoms with Gasteiger partial charge in [-0.1, -0.05) is 40.5 Å². The second-order valence-electron chi connectivity index (χ2n) is 17.8. The van der Waals surface area contributed by atoms with Crippen LogP contribution in [-0.2, 0) is 62.3 Å². The molecule has 0 saturated heterocycles. The number of carboxylic acids is 2. The maximum atomic E-state index is 14.0. The summed E-state index contributed by atoms with van der Waals surface area (Å²) in [6.45, 7) is 7.94. The molecule has 0 saturated carbocycles. The topological polar surface area (TPSA) is 489 Å². The molecule has 11 amide bonds. The third-order valence-corrected chi connectivity index (χ3v) is 11.9. The first-order valence-electron chi connectivity index (χ1n) is 23.8. The van der Waals surface area contributed by atoms with E-state index in [-0.39, 0.29) is 6.42 Å². The number of primary amides is 3. The molecule has 0 fully saturated rings. The lowest BCUT2D eigenvalue weighted by Gasteiger charge is -2.29. The van der Waals surface area contributed by atoms with Crippen molar-refractivity contribution >= 4 is 88.7 Å². The molecule has 20 N–H and O–H groups in total. The zero-order chi connectivity index (χ0) is 56.1. The summed E-state index contributed by atoms with van der Waals surface area (Å²) in [6, 6.07) is -13.3. The minimum atomic E-state index is -1.91. The molecule has 28 nitrogen and oxygen atoms in total. The molecule has 0 unspecified atom stereocenters. The second kappa shape index (κ2) is 34.7. The highest BCUT2D eigenvalue weighted by Gasteiger charge is 2.37. The molecule has 0 aliphatic heterocycles. The van der Waals surface area contributed by atoms with Gasteiger partial charge in [0.25, 0.3) is 0 Å². The lowest BCUT2D eigenvalue weighted by Crippen LogP contribution is -2.61. The predicted octanol–water partition coefficient (Wildman–Crippen LogP) is -4.85. The molecule has 0 aliphatic carbocycles. The molecular weight excluding hydrogens is 983 g/mol. The molecule has 0 aliphatic rings. The molecule has 0 aromatic rings. The van der Waals surface area contributed by atoms with Crippen molar-refractivity contribution in [2.24, 2.45) is 40.5 Å². The minimum Gasteiger partial charge on any atom is -0.481 e. The average molecular weight is 1060 g/mol. The number of thioether (sulfide) groups is 1. The maximum absolute atomic E-state index is 14.0. The first-order chi connectivity index (χ1) is 34.1. The molecule has 73 heavy (non-hydrogen) atoms. The van der Waals surface area contributed by atoms with Crippen molar-refractivity contribution in [3.63, 3.8) is 0 Å².